The fourth-order valence-electron chi connectivity index (χ4n) is 1.43. The van der Waals surface area contributed by atoms with Crippen molar-refractivity contribution >= 4 is 23.4 Å². The van der Waals surface area contributed by atoms with Gasteiger partial charge in [0.2, 0.25) is 5.91 Å². The number of carbonyl (C=O) groups excluding carboxylic acids is 2. The minimum absolute atomic E-state index is 0.00916. The van der Waals surface area contributed by atoms with Crippen LogP contribution in [0.25, 0.3) is 0 Å². The van der Waals surface area contributed by atoms with Gasteiger partial charge in [0, 0.05) is 13.5 Å². The quantitative estimate of drug-likeness (QED) is 0.783. The Bertz CT molecular complexity index is 427. The molecule has 2 N–H and O–H groups in total. The smallest absolute Gasteiger partial charge is 0.379 e. The lowest BCUT2D eigenvalue weighted by Gasteiger charge is -2.17. The van der Waals surface area contributed by atoms with Gasteiger partial charge in [-0.3, -0.25) is 4.79 Å². The largest absolute Gasteiger partial charge is 0.460 e. The lowest BCUT2D eigenvalue weighted by Crippen LogP contribution is -2.29. The van der Waals surface area contributed by atoms with Gasteiger partial charge in [0.25, 0.3) is 5.76 Å². The molecule has 0 saturated heterocycles. The Kier molecular flexibility index (Phi) is 4.08. The molecule has 1 amide bonds. The highest BCUT2D eigenvalue weighted by Gasteiger charge is 2.27. The second-order valence-corrected chi connectivity index (χ2v) is 3.23. The van der Waals surface area contributed by atoms with Crippen LogP contribution in [0.1, 0.15) is 31.3 Å². The average Bonchev–Trinajstić information content (AvgIpc) is 2.62. The number of hydrogen-bond acceptors (Lipinski definition) is 6. The van der Waals surface area contributed by atoms with Crippen LogP contribution in [0, 0.1) is 0 Å². The first-order chi connectivity index (χ1) is 8.02. The molecule has 0 aliphatic rings. The van der Waals surface area contributed by atoms with Crippen LogP contribution in [-0.4, -0.2) is 30.2 Å². The minimum atomic E-state index is -0.689. The topological polar surface area (TPSA) is 98.7 Å². The Morgan fingerprint density at radius 1 is 1.47 bits per heavy atom. The third-order valence-corrected chi connectivity index (χ3v) is 2.12. The molecule has 0 radical (unpaired) electrons. The average molecular weight is 241 g/mol. The van der Waals surface area contributed by atoms with Crippen molar-refractivity contribution in [2.24, 2.45) is 0 Å². The Morgan fingerprint density at radius 3 is 2.59 bits per heavy atom. The van der Waals surface area contributed by atoms with Crippen molar-refractivity contribution in [3.05, 3.63) is 5.76 Å². The second-order valence-electron chi connectivity index (χ2n) is 3.23. The van der Waals surface area contributed by atoms with Crippen LogP contribution in [0.15, 0.2) is 4.52 Å². The fraction of sp³-hybridized carbons (Fsp3) is 0.500. The molecule has 0 aromatic carbocycles. The molecule has 0 unspecified atom stereocenters. The van der Waals surface area contributed by atoms with Crippen molar-refractivity contribution in [2.45, 2.75) is 20.8 Å². The Labute approximate surface area is 98.5 Å². The number of nitrogens with two attached hydrogens (primary N) is 1. The van der Waals surface area contributed by atoms with E-state index in [2.05, 4.69) is 5.16 Å². The van der Waals surface area contributed by atoms with Gasteiger partial charge in [-0.2, -0.15) is 0 Å². The first-order valence-electron chi connectivity index (χ1n) is 5.23. The zero-order chi connectivity index (χ0) is 13.0. The molecule has 7 nitrogen and oxygen atoms in total. The maximum atomic E-state index is 11.6. The third-order valence-electron chi connectivity index (χ3n) is 2.12. The normalized spacial score (nSPS) is 10.1. The van der Waals surface area contributed by atoms with Gasteiger partial charge < -0.3 is 19.9 Å². The molecule has 94 valence electrons. The summed E-state index contributed by atoms with van der Waals surface area (Å²) in [6.07, 6.45) is 0. The number of hydrogen-bond donors (Lipinski definition) is 1. The van der Waals surface area contributed by atoms with Gasteiger partial charge in [0.05, 0.1) is 6.61 Å². The lowest BCUT2D eigenvalue weighted by molar-refractivity contribution is -0.116. The van der Waals surface area contributed by atoms with E-state index in [1.54, 1.807) is 13.8 Å². The molecule has 0 fully saturated rings. The molecule has 0 spiro atoms. The number of carbonyl (C=O) groups is 2. The standard InChI is InChI=1S/C10H15N3O4/c1-4-13(6(3)14)7-8(10(15)16-5-2)17-12-9(7)11/h4-5H2,1-3H3,(H2,11,12). The zero-order valence-corrected chi connectivity index (χ0v) is 10.0. The van der Waals surface area contributed by atoms with Gasteiger partial charge in [-0.25, -0.2) is 4.79 Å². The number of amides is 1. The predicted octanol–water partition coefficient (Wildman–Crippen LogP) is 0.806. The molecule has 1 aromatic heterocycles. The number of nitrogen functional groups attached to an aromatic ring is 1. The maximum Gasteiger partial charge on any atom is 0.379 e. The Morgan fingerprint density at radius 2 is 2.12 bits per heavy atom. The first-order valence-corrected chi connectivity index (χ1v) is 5.23. The number of ether oxygens (including phenoxy) is 1. The van der Waals surface area contributed by atoms with Crippen LogP contribution in [0.5, 0.6) is 0 Å². The van der Waals surface area contributed by atoms with Crippen LogP contribution < -0.4 is 10.6 Å². The summed E-state index contributed by atoms with van der Waals surface area (Å²) in [5, 5.41) is 3.48. The van der Waals surface area contributed by atoms with Crippen molar-refractivity contribution < 1.29 is 18.8 Å². The van der Waals surface area contributed by atoms with Crippen molar-refractivity contribution in [3.63, 3.8) is 0 Å². The molecule has 0 saturated carbocycles. The highest BCUT2D eigenvalue weighted by atomic mass is 16.6. The van der Waals surface area contributed by atoms with Gasteiger partial charge in [0.1, 0.15) is 5.69 Å². The van der Waals surface area contributed by atoms with Crippen LogP contribution >= 0.6 is 0 Å². The summed E-state index contributed by atoms with van der Waals surface area (Å²) in [6.45, 7) is 5.34. The fourth-order valence-corrected chi connectivity index (χ4v) is 1.43. The van der Waals surface area contributed by atoms with Crippen molar-refractivity contribution in [1.82, 2.24) is 5.16 Å². The second kappa shape index (κ2) is 5.33. The van der Waals surface area contributed by atoms with Gasteiger partial charge in [0.15, 0.2) is 5.82 Å². The minimum Gasteiger partial charge on any atom is -0.460 e. The van der Waals surface area contributed by atoms with E-state index in [4.69, 9.17) is 15.0 Å². The molecular formula is C10H15N3O4. The number of esters is 1. The molecule has 1 heterocycles. The van der Waals surface area contributed by atoms with E-state index < -0.39 is 5.97 Å². The Hall–Kier alpha value is -2.05. The highest BCUT2D eigenvalue weighted by Crippen LogP contribution is 2.28. The van der Waals surface area contributed by atoms with Crippen molar-refractivity contribution in [2.75, 3.05) is 23.8 Å². The summed E-state index contributed by atoms with van der Waals surface area (Å²) in [5.41, 5.74) is 5.75. The van der Waals surface area contributed by atoms with Crippen LogP contribution in [0.2, 0.25) is 0 Å². The summed E-state index contributed by atoms with van der Waals surface area (Å²) < 4.78 is 9.59. The lowest BCUT2D eigenvalue weighted by atomic mass is 10.3. The number of rotatable bonds is 4. The van der Waals surface area contributed by atoms with Gasteiger partial charge in [-0.05, 0) is 13.8 Å². The number of aromatic nitrogens is 1. The number of anilines is 2. The van der Waals surface area contributed by atoms with E-state index in [-0.39, 0.29) is 29.8 Å². The van der Waals surface area contributed by atoms with Crippen molar-refractivity contribution in [1.29, 1.82) is 0 Å². The molecule has 1 aromatic rings. The summed E-state index contributed by atoms with van der Waals surface area (Å²) in [6, 6.07) is 0. The molecule has 0 atom stereocenters. The molecular weight excluding hydrogens is 226 g/mol. The molecule has 17 heavy (non-hydrogen) atoms. The molecule has 1 rings (SSSR count). The van der Waals surface area contributed by atoms with Gasteiger partial charge >= 0.3 is 5.97 Å². The van der Waals surface area contributed by atoms with Gasteiger partial charge in [-0.15, -0.1) is 0 Å². The maximum absolute atomic E-state index is 11.6. The predicted molar refractivity (Wildman–Crippen MR) is 60.6 cm³/mol. The van der Waals surface area contributed by atoms with E-state index in [1.165, 1.54) is 11.8 Å². The summed E-state index contributed by atoms with van der Waals surface area (Å²) >= 11 is 0. The zero-order valence-electron chi connectivity index (χ0n) is 10.0. The van der Waals surface area contributed by atoms with E-state index in [0.717, 1.165) is 0 Å². The summed E-state index contributed by atoms with van der Waals surface area (Å²) in [4.78, 5) is 24.3. The summed E-state index contributed by atoms with van der Waals surface area (Å²) in [7, 11) is 0. The van der Waals surface area contributed by atoms with E-state index in [9.17, 15) is 9.59 Å². The third kappa shape index (κ3) is 2.55. The highest BCUT2D eigenvalue weighted by molar-refractivity contribution is 6.02. The summed E-state index contributed by atoms with van der Waals surface area (Å²) in [5.74, 6) is -1.11. The molecule has 0 aliphatic heterocycles. The van der Waals surface area contributed by atoms with Gasteiger partial charge in [-0.1, -0.05) is 5.16 Å². The Balaban J connectivity index is 3.17. The van der Waals surface area contributed by atoms with E-state index in [0.29, 0.717) is 6.54 Å². The van der Waals surface area contributed by atoms with Crippen LogP contribution in [-0.2, 0) is 9.53 Å². The molecule has 0 aliphatic carbocycles. The van der Waals surface area contributed by atoms with E-state index in [1.807, 2.05) is 0 Å². The van der Waals surface area contributed by atoms with E-state index >= 15 is 0 Å². The monoisotopic (exact) mass is 241 g/mol. The van der Waals surface area contributed by atoms with Crippen LogP contribution in [0.3, 0.4) is 0 Å². The number of nitrogens with zero attached hydrogens (tertiary/aromatic N) is 2. The van der Waals surface area contributed by atoms with Crippen molar-refractivity contribution in [3.8, 4) is 0 Å². The van der Waals surface area contributed by atoms with Crippen LogP contribution in [0.4, 0.5) is 11.5 Å². The molecule has 0 bridgehead atoms. The SMILES string of the molecule is CCOC(=O)c1onc(N)c1N(CC)C(C)=O. The molecule has 7 heteroatoms. The first kappa shape index (κ1) is 13.0.